The lowest BCUT2D eigenvalue weighted by atomic mass is 10.1. The van der Waals surface area contributed by atoms with Gasteiger partial charge in [-0.05, 0) is 24.4 Å². The molecule has 0 fully saturated rings. The molecular formula is C20H14Cl2N2O3S2. The highest BCUT2D eigenvalue weighted by atomic mass is 35.5. The summed E-state index contributed by atoms with van der Waals surface area (Å²) in [6.07, 6.45) is 0. The molecule has 2 aromatic heterocycles. The van der Waals surface area contributed by atoms with Gasteiger partial charge in [0.15, 0.2) is 4.80 Å². The number of benzene rings is 2. The van der Waals surface area contributed by atoms with Gasteiger partial charge in [-0.25, -0.2) is 0 Å². The summed E-state index contributed by atoms with van der Waals surface area (Å²) in [5.74, 6) is -0.905. The van der Waals surface area contributed by atoms with E-state index in [1.807, 2.05) is 36.4 Å². The average molecular weight is 465 g/mol. The zero-order chi connectivity index (χ0) is 20.5. The summed E-state index contributed by atoms with van der Waals surface area (Å²) >= 11 is 14.5. The Bertz CT molecular complexity index is 1320. The van der Waals surface area contributed by atoms with Crippen LogP contribution in [0.4, 0.5) is 0 Å². The van der Waals surface area contributed by atoms with Gasteiger partial charge in [0.05, 0.1) is 26.7 Å². The number of rotatable bonds is 4. The number of ether oxygens (including phenoxy) is 1. The van der Waals surface area contributed by atoms with Gasteiger partial charge in [-0.1, -0.05) is 64.9 Å². The first-order valence-corrected chi connectivity index (χ1v) is 11.1. The van der Waals surface area contributed by atoms with Crippen LogP contribution in [0.5, 0.6) is 0 Å². The molecule has 0 aliphatic heterocycles. The third-order valence-corrected chi connectivity index (χ3v) is 6.87. The number of esters is 1. The van der Waals surface area contributed by atoms with E-state index in [0.29, 0.717) is 9.14 Å². The second-order valence-corrected chi connectivity index (χ2v) is 9.33. The summed E-state index contributed by atoms with van der Waals surface area (Å²) < 4.78 is 8.43. The second-order valence-electron chi connectivity index (χ2n) is 6.07. The summed E-state index contributed by atoms with van der Waals surface area (Å²) in [5.41, 5.74) is 1.05. The Labute approximate surface area is 183 Å². The first-order valence-electron chi connectivity index (χ1n) is 8.68. The van der Waals surface area contributed by atoms with Crippen molar-refractivity contribution in [2.45, 2.75) is 13.5 Å². The molecule has 0 saturated carbocycles. The van der Waals surface area contributed by atoms with E-state index >= 15 is 0 Å². The molecule has 29 heavy (non-hydrogen) atoms. The van der Waals surface area contributed by atoms with E-state index in [4.69, 9.17) is 27.9 Å². The number of carbonyl (C=O) groups is 2. The normalized spacial score (nSPS) is 12.0. The molecule has 4 aromatic rings. The molecule has 0 spiro atoms. The van der Waals surface area contributed by atoms with E-state index in [0.717, 1.165) is 32.3 Å². The summed E-state index contributed by atoms with van der Waals surface area (Å²) in [7, 11) is 0. The van der Waals surface area contributed by atoms with Crippen LogP contribution < -0.4 is 4.80 Å². The van der Waals surface area contributed by atoms with E-state index < -0.39 is 11.9 Å². The molecule has 0 unspecified atom stereocenters. The Morgan fingerprint density at radius 1 is 1.14 bits per heavy atom. The maximum absolute atomic E-state index is 12.7. The molecule has 148 valence electrons. The summed E-state index contributed by atoms with van der Waals surface area (Å²) in [4.78, 5) is 29.6. The van der Waals surface area contributed by atoms with Crippen molar-refractivity contribution in [1.29, 1.82) is 0 Å². The zero-order valence-corrected chi connectivity index (χ0v) is 18.3. The molecule has 5 nitrogen and oxygen atoms in total. The Kier molecular flexibility index (Phi) is 5.74. The van der Waals surface area contributed by atoms with Gasteiger partial charge in [0.2, 0.25) is 0 Å². The number of amides is 1. The van der Waals surface area contributed by atoms with Crippen LogP contribution in [0.25, 0.3) is 21.0 Å². The summed E-state index contributed by atoms with van der Waals surface area (Å²) in [6, 6.07) is 13.3. The van der Waals surface area contributed by atoms with Gasteiger partial charge in [0, 0.05) is 5.39 Å². The minimum absolute atomic E-state index is 0.0452. The smallest absolute Gasteiger partial charge is 0.326 e. The van der Waals surface area contributed by atoms with Crippen molar-refractivity contribution in [2.75, 3.05) is 6.61 Å². The Balaban J connectivity index is 1.93. The number of nitrogens with zero attached hydrogens (tertiary/aromatic N) is 2. The lowest BCUT2D eigenvalue weighted by molar-refractivity contribution is -0.143. The van der Waals surface area contributed by atoms with Gasteiger partial charge >= 0.3 is 5.97 Å². The largest absolute Gasteiger partial charge is 0.465 e. The van der Waals surface area contributed by atoms with Gasteiger partial charge in [0.25, 0.3) is 5.91 Å². The standard InChI is InChI=1S/C20H14Cl2N2O3S2/c1-2-27-16(25)10-24-14-8-7-11-5-3-4-6-12(11)17(14)29-20(24)23-19(26)13-9-15(21)28-18(13)22/h3-9H,2,10H2,1H3. The lowest BCUT2D eigenvalue weighted by Crippen LogP contribution is -2.23. The maximum atomic E-state index is 12.7. The van der Waals surface area contributed by atoms with Crippen LogP contribution in [0.15, 0.2) is 47.5 Å². The van der Waals surface area contributed by atoms with E-state index in [-0.39, 0.29) is 23.1 Å². The van der Waals surface area contributed by atoms with Crippen molar-refractivity contribution in [3.8, 4) is 0 Å². The molecule has 0 N–H and O–H groups in total. The van der Waals surface area contributed by atoms with Crippen LogP contribution in [-0.4, -0.2) is 23.1 Å². The molecule has 0 atom stereocenters. The number of hydrogen-bond acceptors (Lipinski definition) is 5. The highest BCUT2D eigenvalue weighted by molar-refractivity contribution is 7.20. The van der Waals surface area contributed by atoms with E-state index in [9.17, 15) is 9.59 Å². The number of fused-ring (bicyclic) bond motifs is 3. The van der Waals surface area contributed by atoms with Gasteiger partial charge < -0.3 is 9.30 Å². The number of halogens is 2. The Morgan fingerprint density at radius 3 is 2.66 bits per heavy atom. The van der Waals surface area contributed by atoms with E-state index in [1.165, 1.54) is 17.4 Å². The van der Waals surface area contributed by atoms with Crippen molar-refractivity contribution >= 4 is 78.7 Å². The van der Waals surface area contributed by atoms with Crippen LogP contribution in [0, 0.1) is 0 Å². The number of carbonyl (C=O) groups excluding carboxylic acids is 2. The predicted octanol–water partition coefficient (Wildman–Crippen LogP) is 5.53. The summed E-state index contributed by atoms with van der Waals surface area (Å²) in [6.45, 7) is 1.98. The molecule has 1 amide bonds. The van der Waals surface area contributed by atoms with Crippen LogP contribution in [-0.2, 0) is 16.1 Å². The highest BCUT2D eigenvalue weighted by Gasteiger charge is 2.17. The first kappa shape index (κ1) is 20.1. The first-order chi connectivity index (χ1) is 14.0. The van der Waals surface area contributed by atoms with Crippen LogP contribution in [0.2, 0.25) is 8.67 Å². The molecule has 4 rings (SSSR count). The molecule has 0 aliphatic rings. The van der Waals surface area contributed by atoms with Crippen molar-refractivity contribution in [1.82, 2.24) is 4.57 Å². The van der Waals surface area contributed by atoms with Gasteiger partial charge in [-0.3, -0.25) is 9.59 Å². The number of hydrogen-bond donors (Lipinski definition) is 0. The fraction of sp³-hybridized carbons (Fsp3) is 0.150. The molecule has 0 aliphatic carbocycles. The fourth-order valence-corrected chi connectivity index (χ4v) is 5.62. The minimum Gasteiger partial charge on any atom is -0.465 e. The summed E-state index contributed by atoms with van der Waals surface area (Å²) in [5, 5.41) is 2.09. The topological polar surface area (TPSA) is 60.7 Å². The van der Waals surface area contributed by atoms with Crippen molar-refractivity contribution in [3.05, 3.63) is 61.5 Å². The second kappa shape index (κ2) is 8.28. The number of thiazole rings is 1. The molecule has 2 aromatic carbocycles. The van der Waals surface area contributed by atoms with E-state index in [1.54, 1.807) is 11.5 Å². The van der Waals surface area contributed by atoms with Gasteiger partial charge in [-0.15, -0.1) is 11.3 Å². The van der Waals surface area contributed by atoms with Crippen LogP contribution in [0.1, 0.15) is 17.3 Å². The molecule has 9 heteroatoms. The van der Waals surface area contributed by atoms with Crippen molar-refractivity contribution < 1.29 is 14.3 Å². The molecule has 2 heterocycles. The highest BCUT2D eigenvalue weighted by Crippen LogP contribution is 2.32. The van der Waals surface area contributed by atoms with Gasteiger partial charge in [-0.2, -0.15) is 4.99 Å². The third-order valence-electron chi connectivity index (χ3n) is 4.25. The van der Waals surface area contributed by atoms with E-state index in [2.05, 4.69) is 4.99 Å². The number of thiophene rings is 1. The maximum Gasteiger partial charge on any atom is 0.326 e. The average Bonchev–Trinajstić information content (AvgIpc) is 3.21. The lowest BCUT2D eigenvalue weighted by Gasteiger charge is -2.06. The Morgan fingerprint density at radius 2 is 1.93 bits per heavy atom. The quantitative estimate of drug-likeness (QED) is 0.373. The molecule has 0 saturated heterocycles. The fourth-order valence-electron chi connectivity index (χ4n) is 3.01. The molecule has 0 radical (unpaired) electrons. The van der Waals surface area contributed by atoms with Crippen molar-refractivity contribution in [3.63, 3.8) is 0 Å². The molecule has 0 bridgehead atoms. The predicted molar refractivity (Wildman–Crippen MR) is 118 cm³/mol. The SMILES string of the molecule is CCOC(=O)Cn1c(=NC(=O)c2cc(Cl)sc2Cl)sc2c3ccccc3ccc21. The third kappa shape index (κ3) is 3.96. The zero-order valence-electron chi connectivity index (χ0n) is 15.1. The number of aromatic nitrogens is 1. The van der Waals surface area contributed by atoms with Gasteiger partial charge in [0.1, 0.15) is 10.9 Å². The van der Waals surface area contributed by atoms with Crippen LogP contribution >= 0.6 is 45.9 Å². The monoisotopic (exact) mass is 464 g/mol. The minimum atomic E-state index is -0.508. The van der Waals surface area contributed by atoms with Crippen LogP contribution in [0.3, 0.4) is 0 Å². The Hall–Kier alpha value is -2.19. The molecular weight excluding hydrogens is 451 g/mol. The van der Waals surface area contributed by atoms with Crippen molar-refractivity contribution in [2.24, 2.45) is 4.99 Å².